The van der Waals surface area contributed by atoms with Gasteiger partial charge in [-0.15, -0.1) is 0 Å². The second kappa shape index (κ2) is 11.7. The molecule has 11 nitrogen and oxygen atoms in total. The number of carbonyl (C=O) groups excluding carboxylic acids is 2. The molecule has 2 N–H and O–H groups in total. The lowest BCUT2D eigenvalue weighted by atomic mass is 9.93. The highest BCUT2D eigenvalue weighted by Crippen LogP contribution is 2.42. The summed E-state index contributed by atoms with van der Waals surface area (Å²) in [6, 6.07) is 13.3. The van der Waals surface area contributed by atoms with Crippen molar-refractivity contribution in [2.24, 2.45) is 11.7 Å². The fourth-order valence-corrected chi connectivity index (χ4v) is 6.52. The van der Waals surface area contributed by atoms with Crippen molar-refractivity contribution < 1.29 is 23.5 Å². The molecule has 0 bridgehead atoms. The third-order valence-electron chi connectivity index (χ3n) is 9.17. The molecule has 234 valence electrons. The van der Waals surface area contributed by atoms with Crippen LogP contribution in [-0.4, -0.2) is 76.3 Å². The van der Waals surface area contributed by atoms with Gasteiger partial charge >= 0.3 is 0 Å². The van der Waals surface area contributed by atoms with E-state index in [0.29, 0.717) is 55.5 Å². The van der Waals surface area contributed by atoms with Gasteiger partial charge < -0.3 is 25.0 Å². The van der Waals surface area contributed by atoms with Gasteiger partial charge in [-0.2, -0.15) is 9.49 Å². The van der Waals surface area contributed by atoms with E-state index in [2.05, 4.69) is 17.1 Å². The minimum atomic E-state index is -0.754. The minimum Gasteiger partial charge on any atom is -0.490 e. The molecule has 2 amide bonds. The van der Waals surface area contributed by atoms with Gasteiger partial charge in [-0.05, 0) is 49.8 Å². The Hall–Kier alpha value is -4.58. The molecule has 3 aliphatic rings. The number of rotatable bonds is 9. The summed E-state index contributed by atoms with van der Waals surface area (Å²) in [5, 5.41) is 4.78. The number of pyridine rings is 1. The zero-order chi connectivity index (χ0) is 31.2. The second-order valence-corrected chi connectivity index (χ2v) is 12.1. The van der Waals surface area contributed by atoms with Gasteiger partial charge in [0.1, 0.15) is 29.6 Å². The minimum absolute atomic E-state index is 0.0790. The number of halogens is 1. The molecule has 2 aliphatic heterocycles. The van der Waals surface area contributed by atoms with E-state index >= 15 is 4.39 Å². The van der Waals surface area contributed by atoms with Crippen LogP contribution in [0.25, 0.3) is 16.9 Å². The van der Waals surface area contributed by atoms with Crippen molar-refractivity contribution in [3.8, 4) is 17.0 Å². The third-order valence-corrected chi connectivity index (χ3v) is 9.17. The van der Waals surface area contributed by atoms with Gasteiger partial charge in [0.25, 0.3) is 5.91 Å². The highest BCUT2D eigenvalue weighted by atomic mass is 19.1. The van der Waals surface area contributed by atoms with E-state index in [-0.39, 0.29) is 47.6 Å². The van der Waals surface area contributed by atoms with Gasteiger partial charge in [0.2, 0.25) is 11.9 Å². The van der Waals surface area contributed by atoms with Crippen molar-refractivity contribution in [2.75, 3.05) is 44.9 Å². The highest BCUT2D eigenvalue weighted by Gasteiger charge is 2.34. The first-order valence-electron chi connectivity index (χ1n) is 15.5. The molecule has 7 rings (SSSR count). The third kappa shape index (κ3) is 5.47. The Labute approximate surface area is 260 Å². The van der Waals surface area contributed by atoms with Crippen LogP contribution < -0.4 is 15.4 Å². The molecule has 45 heavy (non-hydrogen) atoms. The first-order valence-corrected chi connectivity index (χ1v) is 15.5. The number of carbonyl (C=O) groups is 2. The zero-order valence-electron chi connectivity index (χ0n) is 25.4. The maximum absolute atomic E-state index is 16.0. The Kier molecular flexibility index (Phi) is 7.60. The second-order valence-electron chi connectivity index (χ2n) is 12.1. The normalized spacial score (nSPS) is 19.6. The van der Waals surface area contributed by atoms with E-state index < -0.39 is 5.95 Å². The first kappa shape index (κ1) is 29.1. The molecule has 1 saturated carbocycles. The molecule has 0 radical (unpaired) electrons. The summed E-state index contributed by atoms with van der Waals surface area (Å²) in [7, 11) is 1.56. The van der Waals surface area contributed by atoms with E-state index in [9.17, 15) is 9.59 Å². The van der Waals surface area contributed by atoms with Crippen molar-refractivity contribution >= 4 is 23.3 Å². The van der Waals surface area contributed by atoms with Crippen LogP contribution in [0.3, 0.4) is 0 Å². The fourth-order valence-electron chi connectivity index (χ4n) is 6.52. The van der Waals surface area contributed by atoms with E-state index in [0.717, 1.165) is 30.5 Å². The molecule has 0 unspecified atom stereocenters. The first-order chi connectivity index (χ1) is 21.8. The molecule has 1 saturated heterocycles. The van der Waals surface area contributed by atoms with Crippen molar-refractivity contribution in [2.45, 2.75) is 44.6 Å². The van der Waals surface area contributed by atoms with Crippen LogP contribution in [0.1, 0.15) is 65.5 Å². The van der Waals surface area contributed by atoms with Gasteiger partial charge in [0.05, 0.1) is 24.1 Å². The van der Waals surface area contributed by atoms with Crippen LogP contribution in [0.4, 0.5) is 10.2 Å². The topological polar surface area (TPSA) is 128 Å². The van der Waals surface area contributed by atoms with Crippen LogP contribution in [0, 0.1) is 11.9 Å². The van der Waals surface area contributed by atoms with Crippen LogP contribution in [0.15, 0.2) is 42.5 Å². The Morgan fingerprint density at radius 2 is 1.89 bits per heavy atom. The average molecular weight is 614 g/mol. The number of nitrogens with zero attached hydrogens (tertiary/aromatic N) is 6. The van der Waals surface area contributed by atoms with Crippen LogP contribution in [0.5, 0.6) is 5.75 Å². The summed E-state index contributed by atoms with van der Waals surface area (Å²) in [6.07, 6.45) is 3.32. The molecule has 2 fully saturated rings. The van der Waals surface area contributed by atoms with E-state index in [4.69, 9.17) is 25.3 Å². The van der Waals surface area contributed by atoms with Crippen molar-refractivity contribution in [3.05, 3.63) is 70.9 Å². The van der Waals surface area contributed by atoms with Crippen LogP contribution >= 0.6 is 0 Å². The quantitative estimate of drug-likeness (QED) is 0.222. The molecular formula is C33H36FN7O4. The summed E-state index contributed by atoms with van der Waals surface area (Å²) in [4.78, 5) is 38.4. The highest BCUT2D eigenvalue weighted by molar-refractivity contribution is 5.93. The summed E-state index contributed by atoms with van der Waals surface area (Å²) < 4.78 is 28.8. The molecule has 4 aromatic rings. The van der Waals surface area contributed by atoms with Crippen LogP contribution in [-0.2, 0) is 16.0 Å². The lowest BCUT2D eigenvalue weighted by Gasteiger charge is -2.35. The number of aromatic nitrogens is 4. The lowest BCUT2D eigenvalue weighted by molar-refractivity contribution is -0.121. The molecule has 1 aliphatic carbocycles. The van der Waals surface area contributed by atoms with Gasteiger partial charge in [-0.1, -0.05) is 24.3 Å². The largest absolute Gasteiger partial charge is 0.490 e. The van der Waals surface area contributed by atoms with E-state index in [1.807, 2.05) is 34.9 Å². The van der Waals surface area contributed by atoms with Gasteiger partial charge in [-0.3, -0.25) is 9.59 Å². The number of methoxy groups -OCH3 is 1. The lowest BCUT2D eigenvalue weighted by Crippen LogP contribution is -2.39. The number of hydrogen-bond acceptors (Lipinski definition) is 8. The summed E-state index contributed by atoms with van der Waals surface area (Å²) >= 11 is 0. The zero-order valence-corrected chi connectivity index (χ0v) is 25.4. The number of primary amides is 1. The molecular weight excluding hydrogens is 577 g/mol. The maximum atomic E-state index is 16.0. The Morgan fingerprint density at radius 3 is 2.64 bits per heavy atom. The number of fused-ring (bicyclic) bond motifs is 2. The number of hydrogen-bond donors (Lipinski definition) is 1. The standard InChI is InChI=1S/C33H36FN7O4/c1-19-23-6-4-3-5-20(23)10-12-40(19)33(43)25-15-26(21-7-8-21)41-29(36-25)16-24(38-41)30-27(45-14-13-44-2)17-28(37-31(30)34)39-11-9-22(18-39)32(35)42/h3-6,15-17,19,21-22H,7-14,18H2,1-2H3,(H2,35,42)/t19-,22+/m1/s1. The van der Waals surface area contributed by atoms with Crippen molar-refractivity contribution in [1.29, 1.82) is 0 Å². The Bertz CT molecular complexity index is 1790. The number of ether oxygens (including phenoxy) is 2. The maximum Gasteiger partial charge on any atom is 0.273 e. The monoisotopic (exact) mass is 613 g/mol. The molecule has 2 atom stereocenters. The number of nitrogens with two attached hydrogens (primary N) is 1. The van der Waals surface area contributed by atoms with Gasteiger partial charge in [0.15, 0.2) is 5.65 Å². The Balaban J connectivity index is 1.26. The van der Waals surface area contributed by atoms with E-state index in [1.54, 1.807) is 23.8 Å². The van der Waals surface area contributed by atoms with Crippen molar-refractivity contribution in [3.63, 3.8) is 0 Å². The predicted molar refractivity (Wildman–Crippen MR) is 165 cm³/mol. The number of benzene rings is 1. The summed E-state index contributed by atoms with van der Waals surface area (Å²) in [5.41, 5.74) is 10.0. The molecule has 5 heterocycles. The molecule has 3 aromatic heterocycles. The number of anilines is 1. The number of amides is 2. The van der Waals surface area contributed by atoms with Crippen molar-refractivity contribution in [1.82, 2.24) is 24.5 Å². The van der Waals surface area contributed by atoms with E-state index in [1.165, 1.54) is 5.56 Å². The predicted octanol–water partition coefficient (Wildman–Crippen LogP) is 3.90. The Morgan fingerprint density at radius 1 is 1.07 bits per heavy atom. The van der Waals surface area contributed by atoms with Crippen LogP contribution in [0.2, 0.25) is 0 Å². The van der Waals surface area contributed by atoms with Gasteiger partial charge in [0, 0.05) is 50.5 Å². The SMILES string of the molecule is COCCOc1cc(N2CC[C@H](C(N)=O)C2)nc(F)c1-c1cc2nc(C(=O)N3CCc4ccccc4[C@H]3C)cc(C3CC3)n2n1. The molecule has 0 spiro atoms. The summed E-state index contributed by atoms with van der Waals surface area (Å²) in [6.45, 7) is 4.03. The fraction of sp³-hybridized carbons (Fsp3) is 0.424. The summed E-state index contributed by atoms with van der Waals surface area (Å²) in [5.74, 6) is -0.737. The van der Waals surface area contributed by atoms with Gasteiger partial charge in [-0.25, -0.2) is 14.5 Å². The smallest absolute Gasteiger partial charge is 0.273 e. The molecule has 1 aromatic carbocycles. The molecule has 12 heteroatoms. The average Bonchev–Trinajstić information content (AvgIpc) is 3.59.